The first-order chi connectivity index (χ1) is 4.47. The number of hydrogen-bond donors (Lipinski definition) is 1. The van der Waals surface area contributed by atoms with Crippen LogP contribution < -0.4 is 0 Å². The molecule has 0 aliphatic rings. The van der Waals surface area contributed by atoms with Crippen LogP contribution in [0.25, 0.3) is 11.0 Å². The molecule has 0 amide bonds. The third kappa shape index (κ3) is 0.598. The highest BCUT2D eigenvalue weighted by Gasteiger charge is 1.88. The van der Waals surface area contributed by atoms with Crippen molar-refractivity contribution in [3.8, 4) is 0 Å². The number of rotatable bonds is 0. The largest absolute Gasteiger partial charge is 0.360 e. The lowest BCUT2D eigenvalue weighted by atomic mass is 10.4. The zero-order chi connectivity index (χ0) is 6.10. The minimum Gasteiger partial charge on any atom is -0.360 e. The minimum absolute atomic E-state index is 0. The predicted octanol–water partition coefficient (Wildman–Crippen LogP) is 1.81. The summed E-state index contributed by atoms with van der Waals surface area (Å²) in [5.74, 6) is 0. The lowest BCUT2D eigenvalue weighted by Crippen LogP contribution is -1.68. The van der Waals surface area contributed by atoms with Crippen LogP contribution in [-0.2, 0) is 0 Å². The summed E-state index contributed by atoms with van der Waals surface area (Å²) in [6.45, 7) is 0. The molecule has 0 unspecified atom stereocenters. The molecule has 0 aromatic carbocycles. The third-order valence-electron chi connectivity index (χ3n) is 1.32. The molecule has 0 aliphatic carbocycles. The standard InChI is InChI=1S/C7H6N2.H2/c1-2-6-7(8-4-1)3-5-9-6;/h1-5,9H;1H. The smallest absolute Gasteiger partial charge is 0.0878 e. The summed E-state index contributed by atoms with van der Waals surface area (Å²) in [4.78, 5) is 7.17. The van der Waals surface area contributed by atoms with Gasteiger partial charge in [-0.1, -0.05) is 0 Å². The number of fused-ring (bicyclic) bond motifs is 1. The second-order valence-electron chi connectivity index (χ2n) is 1.91. The van der Waals surface area contributed by atoms with Gasteiger partial charge in [0.2, 0.25) is 0 Å². The van der Waals surface area contributed by atoms with Gasteiger partial charge in [-0.25, -0.2) is 0 Å². The lowest BCUT2D eigenvalue weighted by Gasteiger charge is -1.82. The molecule has 1 N–H and O–H groups in total. The first-order valence-corrected chi connectivity index (χ1v) is 2.85. The van der Waals surface area contributed by atoms with Crippen LogP contribution in [0.1, 0.15) is 1.43 Å². The van der Waals surface area contributed by atoms with E-state index < -0.39 is 0 Å². The summed E-state index contributed by atoms with van der Waals surface area (Å²) in [7, 11) is 0. The van der Waals surface area contributed by atoms with Crippen molar-refractivity contribution in [2.24, 2.45) is 0 Å². The number of aromatic amines is 1. The summed E-state index contributed by atoms with van der Waals surface area (Å²) >= 11 is 0. The Hall–Kier alpha value is -1.31. The summed E-state index contributed by atoms with van der Waals surface area (Å²) in [5.41, 5.74) is 2.12. The number of nitrogens with one attached hydrogen (secondary N) is 1. The van der Waals surface area contributed by atoms with E-state index in [0.29, 0.717) is 0 Å². The van der Waals surface area contributed by atoms with Gasteiger partial charge in [0.25, 0.3) is 0 Å². The highest BCUT2D eigenvalue weighted by molar-refractivity contribution is 5.73. The highest BCUT2D eigenvalue weighted by Crippen LogP contribution is 2.05. The van der Waals surface area contributed by atoms with E-state index in [-0.39, 0.29) is 1.43 Å². The molecule has 0 saturated heterocycles. The van der Waals surface area contributed by atoms with E-state index in [0.717, 1.165) is 11.0 Å². The monoisotopic (exact) mass is 120 g/mol. The van der Waals surface area contributed by atoms with E-state index in [9.17, 15) is 0 Å². The first-order valence-electron chi connectivity index (χ1n) is 2.85. The Kier molecular flexibility index (Phi) is 0.803. The van der Waals surface area contributed by atoms with Gasteiger partial charge in [0.15, 0.2) is 0 Å². The van der Waals surface area contributed by atoms with Crippen molar-refractivity contribution in [2.75, 3.05) is 0 Å². The van der Waals surface area contributed by atoms with Crippen molar-refractivity contribution in [2.45, 2.75) is 0 Å². The van der Waals surface area contributed by atoms with Gasteiger partial charge < -0.3 is 4.98 Å². The Morgan fingerprint density at radius 2 is 2.44 bits per heavy atom. The number of aromatic nitrogens is 2. The van der Waals surface area contributed by atoms with Crippen LogP contribution in [0.4, 0.5) is 0 Å². The van der Waals surface area contributed by atoms with Gasteiger partial charge in [-0.05, 0) is 18.2 Å². The van der Waals surface area contributed by atoms with Crippen molar-refractivity contribution < 1.29 is 1.43 Å². The minimum atomic E-state index is 0. The van der Waals surface area contributed by atoms with Gasteiger partial charge in [-0.15, -0.1) is 0 Å². The maximum atomic E-state index is 4.11. The summed E-state index contributed by atoms with van der Waals surface area (Å²) in [6, 6.07) is 5.87. The second-order valence-corrected chi connectivity index (χ2v) is 1.91. The molecular weight excluding hydrogens is 112 g/mol. The second kappa shape index (κ2) is 1.58. The van der Waals surface area contributed by atoms with E-state index in [1.165, 1.54) is 0 Å². The summed E-state index contributed by atoms with van der Waals surface area (Å²) in [5, 5.41) is 0. The van der Waals surface area contributed by atoms with Crippen molar-refractivity contribution in [3.05, 3.63) is 30.6 Å². The molecule has 0 spiro atoms. The van der Waals surface area contributed by atoms with Gasteiger partial charge in [0, 0.05) is 13.8 Å². The molecule has 0 radical (unpaired) electrons. The van der Waals surface area contributed by atoms with Crippen LogP contribution in [-0.4, -0.2) is 9.97 Å². The van der Waals surface area contributed by atoms with Crippen LogP contribution in [0.15, 0.2) is 30.6 Å². The SMILES string of the molecule is [HH].c1cnc2cc[nH]c2c1. The fourth-order valence-electron chi connectivity index (χ4n) is 0.883. The van der Waals surface area contributed by atoms with Crippen LogP contribution >= 0.6 is 0 Å². The number of pyridine rings is 1. The van der Waals surface area contributed by atoms with Gasteiger partial charge in [0.05, 0.1) is 11.0 Å². The van der Waals surface area contributed by atoms with Crippen LogP contribution in [0.5, 0.6) is 0 Å². The molecule has 0 aliphatic heterocycles. The average molecular weight is 120 g/mol. The normalized spacial score (nSPS) is 10.2. The molecule has 9 heavy (non-hydrogen) atoms. The fraction of sp³-hybridized carbons (Fsp3) is 0. The Bertz CT molecular complexity index is 286. The third-order valence-corrected chi connectivity index (χ3v) is 1.32. The molecule has 0 bridgehead atoms. The lowest BCUT2D eigenvalue weighted by molar-refractivity contribution is 1.41. The Labute approximate surface area is 54.0 Å². The molecule has 2 heterocycles. The van der Waals surface area contributed by atoms with E-state index >= 15 is 0 Å². The summed E-state index contributed by atoms with van der Waals surface area (Å²) in [6.07, 6.45) is 3.67. The Morgan fingerprint density at radius 3 is 3.33 bits per heavy atom. The molecule has 2 aromatic heterocycles. The maximum Gasteiger partial charge on any atom is 0.0878 e. The summed E-state index contributed by atoms with van der Waals surface area (Å²) < 4.78 is 0. The molecule has 0 atom stereocenters. The van der Waals surface area contributed by atoms with Gasteiger partial charge >= 0.3 is 0 Å². The molecular formula is C7H8N2. The molecule has 46 valence electrons. The molecule has 2 nitrogen and oxygen atoms in total. The van der Waals surface area contributed by atoms with Crippen molar-refractivity contribution in [1.82, 2.24) is 9.97 Å². The van der Waals surface area contributed by atoms with E-state index in [4.69, 9.17) is 0 Å². The van der Waals surface area contributed by atoms with Gasteiger partial charge in [-0.2, -0.15) is 0 Å². The Balaban J connectivity index is 0.000000500. The van der Waals surface area contributed by atoms with E-state index in [2.05, 4.69) is 9.97 Å². The van der Waals surface area contributed by atoms with Crippen molar-refractivity contribution in [3.63, 3.8) is 0 Å². The predicted molar refractivity (Wildman–Crippen MR) is 38.2 cm³/mol. The molecule has 0 saturated carbocycles. The molecule has 2 heteroatoms. The topological polar surface area (TPSA) is 28.7 Å². The van der Waals surface area contributed by atoms with Crippen LogP contribution in [0.2, 0.25) is 0 Å². The fourth-order valence-corrected chi connectivity index (χ4v) is 0.883. The molecule has 2 aromatic rings. The zero-order valence-electron chi connectivity index (χ0n) is 4.83. The van der Waals surface area contributed by atoms with Crippen LogP contribution in [0, 0.1) is 0 Å². The average Bonchev–Trinajstić information content (AvgIpc) is 2.33. The zero-order valence-corrected chi connectivity index (χ0v) is 4.83. The van der Waals surface area contributed by atoms with E-state index in [1.807, 2.05) is 24.4 Å². The van der Waals surface area contributed by atoms with Gasteiger partial charge in [-0.3, -0.25) is 4.98 Å². The van der Waals surface area contributed by atoms with Crippen molar-refractivity contribution in [1.29, 1.82) is 0 Å². The van der Waals surface area contributed by atoms with Crippen LogP contribution in [0.3, 0.4) is 0 Å². The Morgan fingerprint density at radius 1 is 1.44 bits per heavy atom. The molecule has 0 fully saturated rings. The number of nitrogens with zero attached hydrogens (tertiary/aromatic N) is 1. The molecule has 2 rings (SSSR count). The maximum absolute atomic E-state index is 4.11. The van der Waals surface area contributed by atoms with Crippen molar-refractivity contribution >= 4 is 11.0 Å². The van der Waals surface area contributed by atoms with E-state index in [1.54, 1.807) is 6.20 Å². The number of hydrogen-bond acceptors (Lipinski definition) is 1. The van der Waals surface area contributed by atoms with Gasteiger partial charge in [0.1, 0.15) is 0 Å². The number of H-pyrrole nitrogens is 1. The quantitative estimate of drug-likeness (QED) is 0.564. The highest BCUT2D eigenvalue weighted by atomic mass is 14.7. The first kappa shape index (κ1) is 4.56.